The molecule has 3 heterocycles. The first-order chi connectivity index (χ1) is 15.9. The van der Waals surface area contributed by atoms with E-state index in [-0.39, 0.29) is 22.0 Å². The predicted molar refractivity (Wildman–Crippen MR) is 115 cm³/mol. The topological polar surface area (TPSA) is 120 Å². The zero-order valence-electron chi connectivity index (χ0n) is 17.9. The Morgan fingerprint density at radius 1 is 1.15 bits per heavy atom. The fourth-order valence-corrected chi connectivity index (χ4v) is 4.59. The smallest absolute Gasteiger partial charge is 0.366 e. The van der Waals surface area contributed by atoms with E-state index >= 15 is 0 Å². The van der Waals surface area contributed by atoms with Gasteiger partial charge < -0.3 is 10.6 Å². The van der Waals surface area contributed by atoms with Crippen molar-refractivity contribution >= 4 is 27.3 Å². The molecule has 2 aromatic rings. The summed E-state index contributed by atoms with van der Waals surface area (Å²) >= 11 is 0. The molecule has 0 spiro atoms. The number of halogens is 3. The van der Waals surface area contributed by atoms with E-state index in [2.05, 4.69) is 21.0 Å². The highest BCUT2D eigenvalue weighted by atomic mass is 32.2. The molecule has 0 bridgehead atoms. The van der Waals surface area contributed by atoms with Gasteiger partial charge in [0.2, 0.25) is 0 Å². The lowest BCUT2D eigenvalue weighted by Gasteiger charge is -2.34. The number of benzene rings is 1. The summed E-state index contributed by atoms with van der Waals surface area (Å²) < 4.78 is 64.6. The molecule has 2 aliphatic rings. The molecule has 180 valence electrons. The molecule has 1 aromatic heterocycles. The summed E-state index contributed by atoms with van der Waals surface area (Å²) in [5, 5.41) is 5.89. The van der Waals surface area contributed by atoms with Crippen molar-refractivity contribution in [1.29, 1.82) is 0 Å². The number of anilines is 1. The number of carbonyl (C=O) groups is 2. The third-order valence-electron chi connectivity index (χ3n) is 5.57. The second kappa shape index (κ2) is 8.40. The molecule has 1 saturated heterocycles. The molecule has 13 heteroatoms. The summed E-state index contributed by atoms with van der Waals surface area (Å²) in [5.74, 6) is -2.96. The summed E-state index contributed by atoms with van der Waals surface area (Å²) in [4.78, 5) is 29.7. The maximum atomic E-state index is 13.8. The highest BCUT2D eigenvalue weighted by molar-refractivity contribution is 7.90. The van der Waals surface area contributed by atoms with Gasteiger partial charge in [-0.1, -0.05) is 30.3 Å². The fourth-order valence-electron chi connectivity index (χ4n) is 4.03. The Bertz CT molecular complexity index is 1260. The highest BCUT2D eigenvalue weighted by Gasteiger charge is 2.58. The maximum absolute atomic E-state index is 13.8. The van der Waals surface area contributed by atoms with Gasteiger partial charge in [0.25, 0.3) is 11.8 Å². The fraction of sp³-hybridized carbons (Fsp3) is 0.286. The number of alkyl halides is 3. The minimum Gasteiger partial charge on any atom is -0.366 e. The van der Waals surface area contributed by atoms with Crippen LogP contribution in [0.15, 0.2) is 65.0 Å². The minimum absolute atomic E-state index is 0.107. The molecule has 4 rings (SSSR count). The summed E-state index contributed by atoms with van der Waals surface area (Å²) in [6, 6.07) is 8.42. The Labute approximate surface area is 192 Å². The third-order valence-corrected chi connectivity index (χ3v) is 6.57. The molecule has 3 N–H and O–H groups in total. The zero-order valence-corrected chi connectivity index (χ0v) is 18.7. The highest BCUT2D eigenvalue weighted by Crippen LogP contribution is 2.41. The van der Waals surface area contributed by atoms with Crippen LogP contribution in [0.3, 0.4) is 0 Å². The van der Waals surface area contributed by atoms with Crippen LogP contribution >= 0.6 is 0 Å². The number of hydrazine groups is 1. The van der Waals surface area contributed by atoms with Crippen molar-refractivity contribution in [2.24, 2.45) is 0 Å². The summed E-state index contributed by atoms with van der Waals surface area (Å²) in [7, 11) is -3.55. The van der Waals surface area contributed by atoms with Gasteiger partial charge in [-0.15, -0.1) is 0 Å². The molecule has 34 heavy (non-hydrogen) atoms. The number of amides is 2. The number of rotatable bonds is 4. The first-order valence-electron chi connectivity index (χ1n) is 10.0. The van der Waals surface area contributed by atoms with E-state index in [0.29, 0.717) is 5.56 Å². The molecule has 3 unspecified atom stereocenters. The third kappa shape index (κ3) is 4.35. The van der Waals surface area contributed by atoms with Crippen molar-refractivity contribution in [2.45, 2.75) is 36.3 Å². The number of nitrogens with zero attached hydrogens (tertiary/aromatic N) is 2. The van der Waals surface area contributed by atoms with Crippen molar-refractivity contribution in [1.82, 2.24) is 20.7 Å². The number of aromatic nitrogens is 1. The molecule has 1 aromatic carbocycles. The number of pyridine rings is 1. The van der Waals surface area contributed by atoms with Crippen molar-refractivity contribution in [3.05, 3.63) is 65.5 Å². The Morgan fingerprint density at radius 2 is 1.82 bits per heavy atom. The summed E-state index contributed by atoms with van der Waals surface area (Å²) in [6.45, 7) is 1.43. The largest absolute Gasteiger partial charge is 0.406 e. The van der Waals surface area contributed by atoms with Crippen molar-refractivity contribution in [3.8, 4) is 0 Å². The van der Waals surface area contributed by atoms with Crippen LogP contribution in [-0.2, 0) is 19.4 Å². The lowest BCUT2D eigenvalue weighted by molar-refractivity contribution is -0.161. The molecule has 0 aliphatic carbocycles. The molecular weight excluding hydrogens is 475 g/mol. The molecule has 3 atom stereocenters. The number of allylic oxidation sites excluding steroid dienone is 1. The van der Waals surface area contributed by atoms with Gasteiger partial charge in [0.1, 0.15) is 17.8 Å². The van der Waals surface area contributed by atoms with E-state index in [0.717, 1.165) is 17.5 Å². The lowest BCUT2D eigenvalue weighted by atomic mass is 9.89. The molecule has 1 fully saturated rings. The van der Waals surface area contributed by atoms with E-state index in [1.54, 1.807) is 30.3 Å². The summed E-state index contributed by atoms with van der Waals surface area (Å²) in [6.07, 6.45) is -3.66. The second-order valence-electron chi connectivity index (χ2n) is 7.96. The van der Waals surface area contributed by atoms with Crippen LogP contribution in [-0.4, -0.2) is 54.9 Å². The van der Waals surface area contributed by atoms with Crippen LogP contribution in [0.1, 0.15) is 18.4 Å². The van der Waals surface area contributed by atoms with Crippen LogP contribution in [0.4, 0.5) is 18.9 Å². The monoisotopic (exact) mass is 495 g/mol. The van der Waals surface area contributed by atoms with Gasteiger partial charge >= 0.3 is 6.18 Å². The SMILES string of the molecule is CC1=C(C(=O)Nc2ccc(S(C)(=O)=O)nc2)C(=O)N2NC(C(F)(F)F)C(c3ccccc3)C2N1. The lowest BCUT2D eigenvalue weighted by Crippen LogP contribution is -2.56. The Hall–Kier alpha value is -3.45. The predicted octanol–water partition coefficient (Wildman–Crippen LogP) is 1.69. The van der Waals surface area contributed by atoms with Crippen molar-refractivity contribution in [2.75, 3.05) is 11.6 Å². The Morgan fingerprint density at radius 3 is 2.38 bits per heavy atom. The van der Waals surface area contributed by atoms with Gasteiger partial charge in [-0.3, -0.25) is 9.59 Å². The number of carbonyl (C=O) groups excluding carboxylic acids is 2. The van der Waals surface area contributed by atoms with Crippen molar-refractivity contribution in [3.63, 3.8) is 0 Å². The quantitative estimate of drug-likeness (QED) is 0.552. The number of hydrogen-bond acceptors (Lipinski definition) is 7. The van der Waals surface area contributed by atoms with Crippen LogP contribution in [0.25, 0.3) is 0 Å². The minimum atomic E-state index is -4.66. The van der Waals surface area contributed by atoms with Gasteiger partial charge in [0, 0.05) is 12.0 Å². The summed E-state index contributed by atoms with van der Waals surface area (Å²) in [5.41, 5.74) is 2.44. The average molecular weight is 495 g/mol. The van der Waals surface area contributed by atoms with Crippen molar-refractivity contribution < 1.29 is 31.2 Å². The Balaban J connectivity index is 1.62. The normalized spacial score (nSPS) is 22.9. The molecule has 0 saturated carbocycles. The maximum Gasteiger partial charge on any atom is 0.406 e. The standard InChI is InChI=1S/C21H20F3N5O4S/c1-11-15(19(30)27-13-8-9-14(25-10-13)34(2,32)33)20(31)29-18(26-11)16(12-6-4-3-5-7-12)17(28-29)21(22,23)24/h3-10,16-18,26,28H,1-2H3,(H,27,30). The van der Waals surface area contributed by atoms with Gasteiger partial charge in [0.15, 0.2) is 14.9 Å². The van der Waals surface area contributed by atoms with Gasteiger partial charge in [-0.25, -0.2) is 23.8 Å². The van der Waals surface area contributed by atoms with Gasteiger partial charge in [-0.05, 0) is 24.6 Å². The second-order valence-corrected chi connectivity index (χ2v) is 9.92. The van der Waals surface area contributed by atoms with Crippen LogP contribution in [0.5, 0.6) is 0 Å². The Kier molecular flexibility index (Phi) is 5.85. The van der Waals surface area contributed by atoms with Crippen LogP contribution in [0.2, 0.25) is 0 Å². The van der Waals surface area contributed by atoms with Gasteiger partial charge in [-0.2, -0.15) is 13.2 Å². The van der Waals surface area contributed by atoms with Gasteiger partial charge in [0.05, 0.1) is 17.8 Å². The molecule has 2 amide bonds. The van der Waals surface area contributed by atoms with E-state index in [4.69, 9.17) is 0 Å². The van der Waals surface area contributed by atoms with E-state index in [9.17, 15) is 31.2 Å². The van der Waals surface area contributed by atoms with E-state index in [1.807, 2.05) is 0 Å². The van der Waals surface area contributed by atoms with Crippen LogP contribution < -0.4 is 16.1 Å². The zero-order chi connectivity index (χ0) is 24.8. The molecular formula is C21H20F3N5O4S. The number of hydrogen-bond donors (Lipinski definition) is 3. The number of nitrogens with one attached hydrogen (secondary N) is 3. The molecule has 9 nitrogen and oxygen atoms in total. The number of fused-ring (bicyclic) bond motifs is 1. The number of sulfone groups is 1. The van der Waals surface area contributed by atoms with E-state index < -0.39 is 46.0 Å². The van der Waals surface area contributed by atoms with Crippen LogP contribution in [0, 0.1) is 0 Å². The van der Waals surface area contributed by atoms with E-state index in [1.165, 1.54) is 19.1 Å². The first kappa shape index (κ1) is 23.7. The first-order valence-corrected chi connectivity index (χ1v) is 11.9. The molecule has 0 radical (unpaired) electrons. The average Bonchev–Trinajstić information content (AvgIpc) is 3.14. The molecule has 2 aliphatic heterocycles.